The van der Waals surface area contributed by atoms with Gasteiger partial charge in [0.15, 0.2) is 11.6 Å². The molecule has 0 bridgehead atoms. The molecule has 0 aliphatic carbocycles. The first-order valence-corrected chi connectivity index (χ1v) is 4.99. The summed E-state index contributed by atoms with van der Waals surface area (Å²) in [5.41, 5.74) is 1.85. The quantitative estimate of drug-likeness (QED) is 0.789. The molecule has 0 aromatic carbocycles. The highest BCUT2D eigenvalue weighted by Crippen LogP contribution is 2.20. The second-order valence-corrected chi connectivity index (χ2v) is 3.45. The van der Waals surface area contributed by atoms with Gasteiger partial charge in [0.1, 0.15) is 11.5 Å². The van der Waals surface area contributed by atoms with Crippen LogP contribution in [-0.4, -0.2) is 25.1 Å². The largest absolute Gasteiger partial charge is 0.257 e. The van der Waals surface area contributed by atoms with E-state index >= 15 is 0 Å². The maximum Gasteiger partial charge on any atom is 0.198 e. The second kappa shape index (κ2) is 3.94. The molecule has 0 spiro atoms. The van der Waals surface area contributed by atoms with Crippen LogP contribution in [0.15, 0.2) is 6.33 Å². The van der Waals surface area contributed by atoms with Crippen LogP contribution < -0.4 is 0 Å². The number of aromatic amines is 1. The van der Waals surface area contributed by atoms with Crippen molar-refractivity contribution in [3.05, 3.63) is 22.7 Å². The first kappa shape index (κ1) is 10.0. The summed E-state index contributed by atoms with van der Waals surface area (Å²) in [7, 11) is 0. The Hall–Kier alpha value is -1.49. The van der Waals surface area contributed by atoms with Crippen molar-refractivity contribution < 1.29 is 0 Å². The topological polar surface area (TPSA) is 67.3 Å². The Morgan fingerprint density at radius 1 is 1.40 bits per heavy atom. The predicted molar refractivity (Wildman–Crippen MR) is 56.5 cm³/mol. The minimum absolute atomic E-state index is 0.479. The Balaban J connectivity index is 2.53. The average Bonchev–Trinajstić information content (AvgIpc) is 2.69. The fraction of sp³-hybridized carbons (Fsp3) is 0.333. The lowest BCUT2D eigenvalue weighted by Crippen LogP contribution is -2.00. The molecule has 15 heavy (non-hydrogen) atoms. The van der Waals surface area contributed by atoms with E-state index in [1.807, 2.05) is 13.8 Å². The molecule has 0 aliphatic rings. The Bertz CT molecular complexity index is 442. The van der Waals surface area contributed by atoms with Crippen LogP contribution in [0.1, 0.15) is 18.2 Å². The summed E-state index contributed by atoms with van der Waals surface area (Å²) in [6, 6.07) is 0. The van der Waals surface area contributed by atoms with Crippen molar-refractivity contribution in [3.8, 4) is 11.6 Å². The fourth-order valence-electron chi connectivity index (χ4n) is 1.38. The van der Waals surface area contributed by atoms with Gasteiger partial charge in [-0.2, -0.15) is 5.10 Å². The SMILES string of the molecule is CCc1c(C)nc(-c2ncn[nH]2)nc1Cl. The van der Waals surface area contributed by atoms with Crippen LogP contribution in [0.5, 0.6) is 0 Å². The Kier molecular flexibility index (Phi) is 2.64. The van der Waals surface area contributed by atoms with Gasteiger partial charge in [-0.05, 0) is 13.3 Å². The number of nitrogens with zero attached hydrogens (tertiary/aromatic N) is 4. The van der Waals surface area contributed by atoms with E-state index in [9.17, 15) is 0 Å². The van der Waals surface area contributed by atoms with Gasteiger partial charge < -0.3 is 0 Å². The van der Waals surface area contributed by atoms with Crippen LogP contribution in [0.4, 0.5) is 0 Å². The number of hydrogen-bond donors (Lipinski definition) is 1. The molecule has 78 valence electrons. The van der Waals surface area contributed by atoms with Crippen molar-refractivity contribution in [1.82, 2.24) is 25.1 Å². The molecule has 0 fully saturated rings. The van der Waals surface area contributed by atoms with E-state index in [4.69, 9.17) is 11.6 Å². The summed E-state index contributed by atoms with van der Waals surface area (Å²) >= 11 is 6.04. The zero-order valence-corrected chi connectivity index (χ0v) is 9.21. The third kappa shape index (κ3) is 1.83. The lowest BCUT2D eigenvalue weighted by molar-refractivity contribution is 0.982. The summed E-state index contributed by atoms with van der Waals surface area (Å²) in [6.45, 7) is 3.93. The van der Waals surface area contributed by atoms with Crippen molar-refractivity contribution in [1.29, 1.82) is 0 Å². The first-order valence-electron chi connectivity index (χ1n) is 4.61. The van der Waals surface area contributed by atoms with E-state index in [2.05, 4.69) is 25.1 Å². The normalized spacial score (nSPS) is 10.6. The number of halogens is 1. The molecule has 5 nitrogen and oxygen atoms in total. The Labute approximate surface area is 91.9 Å². The maximum absolute atomic E-state index is 6.04. The highest BCUT2D eigenvalue weighted by molar-refractivity contribution is 6.30. The molecule has 2 aromatic heterocycles. The van der Waals surface area contributed by atoms with Crippen LogP contribution in [0, 0.1) is 6.92 Å². The van der Waals surface area contributed by atoms with Gasteiger partial charge in [0.05, 0.1) is 0 Å². The molecule has 2 aromatic rings. The van der Waals surface area contributed by atoms with Crippen LogP contribution in [-0.2, 0) is 6.42 Å². The minimum atomic E-state index is 0.479. The molecular weight excluding hydrogens is 214 g/mol. The van der Waals surface area contributed by atoms with E-state index in [1.54, 1.807) is 0 Å². The van der Waals surface area contributed by atoms with Crippen molar-refractivity contribution in [2.45, 2.75) is 20.3 Å². The maximum atomic E-state index is 6.04. The summed E-state index contributed by atoms with van der Waals surface area (Å²) in [5, 5.41) is 6.92. The van der Waals surface area contributed by atoms with E-state index in [-0.39, 0.29) is 0 Å². The molecule has 0 amide bonds. The van der Waals surface area contributed by atoms with Crippen LogP contribution >= 0.6 is 11.6 Å². The summed E-state index contributed by atoms with van der Waals surface area (Å²) < 4.78 is 0. The monoisotopic (exact) mass is 223 g/mol. The molecule has 6 heteroatoms. The highest BCUT2D eigenvalue weighted by atomic mass is 35.5. The van der Waals surface area contributed by atoms with Gasteiger partial charge in [-0.1, -0.05) is 18.5 Å². The molecule has 0 atom stereocenters. The second-order valence-electron chi connectivity index (χ2n) is 3.09. The standard InChI is InChI=1S/C9H10ClN5/c1-3-6-5(2)13-9(14-7(6)10)8-11-4-12-15-8/h4H,3H2,1-2H3,(H,11,12,15). The van der Waals surface area contributed by atoms with Gasteiger partial charge in [-0.25, -0.2) is 15.0 Å². The zero-order valence-electron chi connectivity index (χ0n) is 8.45. The molecule has 1 N–H and O–H groups in total. The molecule has 0 unspecified atom stereocenters. The molecule has 2 heterocycles. The first-order chi connectivity index (χ1) is 7.22. The van der Waals surface area contributed by atoms with E-state index in [1.165, 1.54) is 6.33 Å². The van der Waals surface area contributed by atoms with Crippen LogP contribution in [0.25, 0.3) is 11.6 Å². The van der Waals surface area contributed by atoms with E-state index in [0.717, 1.165) is 17.7 Å². The Morgan fingerprint density at radius 2 is 2.20 bits per heavy atom. The van der Waals surface area contributed by atoms with Crippen molar-refractivity contribution >= 4 is 11.6 Å². The smallest absolute Gasteiger partial charge is 0.198 e. The fourth-order valence-corrected chi connectivity index (χ4v) is 1.73. The number of rotatable bonds is 2. The Morgan fingerprint density at radius 3 is 2.73 bits per heavy atom. The molecule has 0 radical (unpaired) electrons. The highest BCUT2D eigenvalue weighted by Gasteiger charge is 2.11. The third-order valence-electron chi connectivity index (χ3n) is 2.14. The third-order valence-corrected chi connectivity index (χ3v) is 2.46. The summed E-state index contributed by atoms with van der Waals surface area (Å²) in [4.78, 5) is 12.5. The lowest BCUT2D eigenvalue weighted by atomic mass is 10.2. The van der Waals surface area contributed by atoms with E-state index < -0.39 is 0 Å². The zero-order chi connectivity index (χ0) is 10.8. The average molecular weight is 224 g/mol. The molecular formula is C9H10ClN5. The lowest BCUT2D eigenvalue weighted by Gasteiger charge is -2.05. The molecule has 2 rings (SSSR count). The van der Waals surface area contributed by atoms with Crippen LogP contribution in [0.3, 0.4) is 0 Å². The number of hydrogen-bond acceptors (Lipinski definition) is 4. The van der Waals surface area contributed by atoms with Gasteiger partial charge >= 0.3 is 0 Å². The summed E-state index contributed by atoms with van der Waals surface area (Å²) in [6.07, 6.45) is 2.23. The van der Waals surface area contributed by atoms with E-state index in [0.29, 0.717) is 16.8 Å². The molecule has 0 saturated carbocycles. The van der Waals surface area contributed by atoms with Gasteiger partial charge in [0.2, 0.25) is 0 Å². The van der Waals surface area contributed by atoms with Crippen molar-refractivity contribution in [3.63, 3.8) is 0 Å². The van der Waals surface area contributed by atoms with Gasteiger partial charge in [0, 0.05) is 11.3 Å². The number of nitrogens with one attached hydrogen (secondary N) is 1. The van der Waals surface area contributed by atoms with Gasteiger partial charge in [-0.15, -0.1) is 0 Å². The number of H-pyrrole nitrogens is 1. The summed E-state index contributed by atoms with van der Waals surface area (Å²) in [5.74, 6) is 1.01. The van der Waals surface area contributed by atoms with Gasteiger partial charge in [-0.3, -0.25) is 5.10 Å². The number of aryl methyl sites for hydroxylation is 1. The molecule has 0 aliphatic heterocycles. The van der Waals surface area contributed by atoms with Crippen LogP contribution in [0.2, 0.25) is 5.15 Å². The molecule has 0 saturated heterocycles. The van der Waals surface area contributed by atoms with Gasteiger partial charge in [0.25, 0.3) is 0 Å². The number of aromatic nitrogens is 5. The van der Waals surface area contributed by atoms with Crippen molar-refractivity contribution in [2.75, 3.05) is 0 Å². The minimum Gasteiger partial charge on any atom is -0.257 e. The van der Waals surface area contributed by atoms with Crippen molar-refractivity contribution in [2.24, 2.45) is 0 Å². The predicted octanol–water partition coefficient (Wildman–Crippen LogP) is 1.79.